The number of carbonyl (C=O) groups excluding carboxylic acids is 2. The highest BCUT2D eigenvalue weighted by atomic mass is 16.5. The second kappa shape index (κ2) is 7.42. The third-order valence-electron chi connectivity index (χ3n) is 5.00. The summed E-state index contributed by atoms with van der Waals surface area (Å²) in [4.78, 5) is 30.8. The molecular weight excluding hydrogens is 282 g/mol. The molecule has 0 spiro atoms. The first kappa shape index (κ1) is 15.7. The minimum absolute atomic E-state index is 0.0535. The minimum Gasteiger partial charge on any atom is -0.381 e. The molecule has 3 heterocycles. The summed E-state index contributed by atoms with van der Waals surface area (Å²) < 4.78 is 5.32. The smallest absolute Gasteiger partial charge is 0.236 e. The van der Waals surface area contributed by atoms with E-state index in [0.29, 0.717) is 19.8 Å². The Morgan fingerprint density at radius 1 is 0.909 bits per heavy atom. The van der Waals surface area contributed by atoms with E-state index in [4.69, 9.17) is 4.74 Å². The van der Waals surface area contributed by atoms with E-state index in [2.05, 4.69) is 4.90 Å². The monoisotopic (exact) mass is 309 g/mol. The molecule has 0 aromatic carbocycles. The average molecular weight is 309 g/mol. The Morgan fingerprint density at radius 2 is 1.68 bits per heavy atom. The number of rotatable bonds is 3. The summed E-state index contributed by atoms with van der Waals surface area (Å²) in [5.41, 5.74) is 0. The third kappa shape index (κ3) is 3.79. The molecule has 3 aliphatic heterocycles. The summed E-state index contributed by atoms with van der Waals surface area (Å²) in [5.74, 6) is 0.546. The number of carbonyl (C=O) groups is 2. The van der Waals surface area contributed by atoms with E-state index in [9.17, 15) is 9.59 Å². The molecule has 2 amide bonds. The number of hydrogen-bond acceptors (Lipinski definition) is 4. The van der Waals surface area contributed by atoms with Crippen molar-refractivity contribution in [2.75, 3.05) is 59.0 Å². The van der Waals surface area contributed by atoms with E-state index >= 15 is 0 Å². The van der Waals surface area contributed by atoms with E-state index in [0.717, 1.165) is 65.0 Å². The normalized spacial score (nSPS) is 27.2. The molecular formula is C16H27N3O3. The van der Waals surface area contributed by atoms with Crippen molar-refractivity contribution in [2.45, 2.75) is 25.7 Å². The highest BCUT2D eigenvalue weighted by Crippen LogP contribution is 2.17. The number of likely N-dealkylation sites (tertiary alicyclic amines) is 1. The van der Waals surface area contributed by atoms with E-state index in [-0.39, 0.29) is 17.7 Å². The maximum atomic E-state index is 12.4. The summed E-state index contributed by atoms with van der Waals surface area (Å²) in [6.07, 6.45) is 4.08. The highest BCUT2D eigenvalue weighted by Gasteiger charge is 2.29. The number of hydrogen-bond donors (Lipinski definition) is 0. The van der Waals surface area contributed by atoms with Gasteiger partial charge in [0.05, 0.1) is 19.1 Å². The zero-order valence-electron chi connectivity index (χ0n) is 13.3. The first-order chi connectivity index (χ1) is 10.7. The van der Waals surface area contributed by atoms with Crippen molar-refractivity contribution in [1.29, 1.82) is 0 Å². The van der Waals surface area contributed by atoms with Crippen molar-refractivity contribution < 1.29 is 14.3 Å². The van der Waals surface area contributed by atoms with Crippen LogP contribution in [-0.4, -0.2) is 85.5 Å². The molecule has 3 saturated heterocycles. The van der Waals surface area contributed by atoms with Crippen LogP contribution in [0.4, 0.5) is 0 Å². The Bertz CT molecular complexity index is 403. The zero-order chi connectivity index (χ0) is 15.4. The molecule has 6 nitrogen and oxygen atoms in total. The molecule has 124 valence electrons. The van der Waals surface area contributed by atoms with E-state index < -0.39 is 0 Å². The van der Waals surface area contributed by atoms with Gasteiger partial charge in [-0.25, -0.2) is 0 Å². The van der Waals surface area contributed by atoms with Gasteiger partial charge in [-0.15, -0.1) is 0 Å². The largest absolute Gasteiger partial charge is 0.381 e. The van der Waals surface area contributed by atoms with Crippen LogP contribution in [0.25, 0.3) is 0 Å². The molecule has 0 N–H and O–H groups in total. The van der Waals surface area contributed by atoms with Crippen molar-refractivity contribution >= 4 is 11.8 Å². The third-order valence-corrected chi connectivity index (χ3v) is 5.00. The van der Waals surface area contributed by atoms with Gasteiger partial charge >= 0.3 is 0 Å². The molecule has 3 rings (SSSR count). The second-order valence-electron chi connectivity index (χ2n) is 6.60. The molecule has 0 aromatic heterocycles. The highest BCUT2D eigenvalue weighted by molar-refractivity contribution is 5.79. The molecule has 22 heavy (non-hydrogen) atoms. The van der Waals surface area contributed by atoms with Crippen LogP contribution in [-0.2, 0) is 14.3 Å². The first-order valence-corrected chi connectivity index (χ1v) is 8.61. The minimum atomic E-state index is 0.0535. The fraction of sp³-hybridized carbons (Fsp3) is 0.875. The lowest BCUT2D eigenvalue weighted by Crippen LogP contribution is -2.42. The summed E-state index contributed by atoms with van der Waals surface area (Å²) in [5, 5.41) is 0. The van der Waals surface area contributed by atoms with Crippen LogP contribution >= 0.6 is 0 Å². The molecule has 0 aromatic rings. The van der Waals surface area contributed by atoms with Gasteiger partial charge in [0.1, 0.15) is 0 Å². The van der Waals surface area contributed by atoms with Gasteiger partial charge in [-0.2, -0.15) is 0 Å². The van der Waals surface area contributed by atoms with Crippen LogP contribution in [0.15, 0.2) is 0 Å². The Balaban J connectivity index is 1.46. The Hall–Kier alpha value is -1.14. The van der Waals surface area contributed by atoms with Crippen LogP contribution in [0.1, 0.15) is 25.7 Å². The molecule has 1 unspecified atom stereocenters. The van der Waals surface area contributed by atoms with Crippen molar-refractivity contribution in [3.05, 3.63) is 0 Å². The predicted molar refractivity (Wildman–Crippen MR) is 82.4 cm³/mol. The van der Waals surface area contributed by atoms with Crippen LogP contribution in [0.5, 0.6) is 0 Å². The number of ether oxygens (including phenoxy) is 1. The SMILES string of the molecule is O=C(CN1CCCN(C(=O)C2CCOC2)CC1)N1CCCC1. The van der Waals surface area contributed by atoms with E-state index in [1.165, 1.54) is 0 Å². The molecule has 0 saturated carbocycles. The van der Waals surface area contributed by atoms with Crippen molar-refractivity contribution in [2.24, 2.45) is 5.92 Å². The van der Waals surface area contributed by atoms with Crippen molar-refractivity contribution in [3.63, 3.8) is 0 Å². The van der Waals surface area contributed by atoms with Gasteiger partial charge in [-0.3, -0.25) is 14.5 Å². The van der Waals surface area contributed by atoms with Crippen LogP contribution in [0.2, 0.25) is 0 Å². The number of amides is 2. The van der Waals surface area contributed by atoms with Gasteiger partial charge in [-0.05, 0) is 25.7 Å². The lowest BCUT2D eigenvalue weighted by molar-refractivity contribution is -0.135. The quantitative estimate of drug-likeness (QED) is 0.746. The summed E-state index contributed by atoms with van der Waals surface area (Å²) in [6.45, 7) is 6.88. The molecule has 0 radical (unpaired) electrons. The van der Waals surface area contributed by atoms with Crippen LogP contribution in [0.3, 0.4) is 0 Å². The summed E-state index contributed by atoms with van der Waals surface area (Å²) in [7, 11) is 0. The first-order valence-electron chi connectivity index (χ1n) is 8.61. The predicted octanol–water partition coefficient (Wildman–Crippen LogP) is 0.180. The van der Waals surface area contributed by atoms with Crippen LogP contribution in [0, 0.1) is 5.92 Å². The zero-order valence-corrected chi connectivity index (χ0v) is 13.3. The molecule has 6 heteroatoms. The fourth-order valence-corrected chi connectivity index (χ4v) is 3.59. The standard InChI is InChI=1S/C16H27N3O3/c20-15(18-6-1-2-7-18)12-17-5-3-8-19(10-9-17)16(21)14-4-11-22-13-14/h14H,1-13H2. The van der Waals surface area contributed by atoms with Gasteiger partial charge in [0, 0.05) is 45.9 Å². The average Bonchev–Trinajstić information content (AvgIpc) is 3.18. The van der Waals surface area contributed by atoms with Gasteiger partial charge in [0.25, 0.3) is 0 Å². The summed E-state index contributed by atoms with van der Waals surface area (Å²) in [6, 6.07) is 0. The molecule has 3 aliphatic rings. The lowest BCUT2D eigenvalue weighted by atomic mass is 10.1. The van der Waals surface area contributed by atoms with Crippen molar-refractivity contribution in [3.8, 4) is 0 Å². The molecule has 3 fully saturated rings. The second-order valence-corrected chi connectivity index (χ2v) is 6.60. The lowest BCUT2D eigenvalue weighted by Gasteiger charge is -2.25. The van der Waals surface area contributed by atoms with Gasteiger partial charge in [0.2, 0.25) is 11.8 Å². The number of nitrogens with zero attached hydrogens (tertiary/aromatic N) is 3. The van der Waals surface area contributed by atoms with Crippen molar-refractivity contribution in [1.82, 2.24) is 14.7 Å². The van der Waals surface area contributed by atoms with Crippen LogP contribution < -0.4 is 0 Å². The Labute approximate surface area is 132 Å². The Morgan fingerprint density at radius 3 is 2.41 bits per heavy atom. The summed E-state index contributed by atoms with van der Waals surface area (Å²) >= 11 is 0. The van der Waals surface area contributed by atoms with Gasteiger partial charge < -0.3 is 14.5 Å². The molecule has 0 aliphatic carbocycles. The van der Waals surface area contributed by atoms with E-state index in [1.54, 1.807) is 0 Å². The van der Waals surface area contributed by atoms with E-state index in [1.807, 2.05) is 9.80 Å². The molecule has 1 atom stereocenters. The Kier molecular flexibility index (Phi) is 5.31. The maximum Gasteiger partial charge on any atom is 0.236 e. The fourth-order valence-electron chi connectivity index (χ4n) is 3.59. The van der Waals surface area contributed by atoms with Gasteiger partial charge in [-0.1, -0.05) is 0 Å². The van der Waals surface area contributed by atoms with Gasteiger partial charge in [0.15, 0.2) is 0 Å². The topological polar surface area (TPSA) is 53.1 Å². The maximum absolute atomic E-state index is 12.4. The molecule has 0 bridgehead atoms.